The number of carbonyl (C=O) groups is 1. The Kier molecular flexibility index (Phi) is 4.51. The molecule has 4 heteroatoms. The zero-order valence-corrected chi connectivity index (χ0v) is 14.0. The van der Waals surface area contributed by atoms with E-state index in [1.807, 2.05) is 24.8 Å². The Balaban J connectivity index is 1.69. The van der Waals surface area contributed by atoms with E-state index in [1.165, 1.54) is 5.56 Å². The summed E-state index contributed by atoms with van der Waals surface area (Å²) < 4.78 is 5.27. The molecule has 2 atom stereocenters. The smallest absolute Gasteiger partial charge is 0.276 e. The first-order valence-corrected chi connectivity index (χ1v) is 8.38. The quantitative estimate of drug-likeness (QED) is 0.853. The maximum absolute atomic E-state index is 12.7. The van der Waals surface area contributed by atoms with Gasteiger partial charge < -0.3 is 9.42 Å². The number of likely N-dealkylation sites (tertiary alicyclic amines) is 1. The number of rotatable bonds is 3. The Morgan fingerprint density at radius 2 is 2.04 bits per heavy atom. The van der Waals surface area contributed by atoms with E-state index < -0.39 is 0 Å². The number of aromatic nitrogens is 1. The molecule has 1 aliphatic rings. The lowest BCUT2D eigenvalue weighted by Crippen LogP contribution is -2.44. The highest BCUT2D eigenvalue weighted by atomic mass is 16.5. The van der Waals surface area contributed by atoms with Gasteiger partial charge in [-0.3, -0.25) is 4.79 Å². The molecule has 122 valence electrons. The van der Waals surface area contributed by atoms with E-state index in [0.717, 1.165) is 25.1 Å². The Morgan fingerprint density at radius 3 is 2.65 bits per heavy atom. The van der Waals surface area contributed by atoms with E-state index in [0.29, 0.717) is 11.6 Å². The zero-order chi connectivity index (χ0) is 16.4. The number of hydrogen-bond donors (Lipinski definition) is 0. The molecule has 0 unspecified atom stereocenters. The van der Waals surface area contributed by atoms with Gasteiger partial charge in [-0.2, -0.15) is 0 Å². The van der Waals surface area contributed by atoms with E-state index in [1.54, 1.807) is 6.07 Å². The lowest BCUT2D eigenvalue weighted by Gasteiger charge is -2.37. The second kappa shape index (κ2) is 6.57. The van der Waals surface area contributed by atoms with Crippen LogP contribution in [0, 0.1) is 0 Å². The van der Waals surface area contributed by atoms with Crippen LogP contribution in [0.4, 0.5) is 0 Å². The molecule has 0 spiro atoms. The highest BCUT2D eigenvalue weighted by Crippen LogP contribution is 2.32. The standard InChI is InChI=1S/C19H24N2O2/c1-13(2)18-12-17(20-23-18)19(22)21-10-9-16(11-14(21)3)15-7-5-4-6-8-15/h4-8,12-14,16H,9-11H2,1-3H3/t14-,16+/m0/s1. The molecule has 1 saturated heterocycles. The van der Waals surface area contributed by atoms with Crippen molar-refractivity contribution >= 4 is 5.91 Å². The predicted octanol–water partition coefficient (Wildman–Crippen LogP) is 4.21. The average molecular weight is 312 g/mol. The molecule has 0 aliphatic carbocycles. The third-order valence-corrected chi connectivity index (χ3v) is 4.72. The van der Waals surface area contributed by atoms with Gasteiger partial charge in [0, 0.05) is 24.6 Å². The topological polar surface area (TPSA) is 46.3 Å². The summed E-state index contributed by atoms with van der Waals surface area (Å²) in [5, 5.41) is 3.96. The molecule has 1 aromatic carbocycles. The lowest BCUT2D eigenvalue weighted by atomic mass is 9.86. The van der Waals surface area contributed by atoms with Gasteiger partial charge in [0.2, 0.25) is 0 Å². The van der Waals surface area contributed by atoms with Crippen molar-refractivity contribution in [3.63, 3.8) is 0 Å². The number of carbonyl (C=O) groups excluding carboxylic acids is 1. The maximum Gasteiger partial charge on any atom is 0.276 e. The molecule has 0 saturated carbocycles. The lowest BCUT2D eigenvalue weighted by molar-refractivity contribution is 0.0605. The molecule has 0 radical (unpaired) electrons. The van der Waals surface area contributed by atoms with Crippen molar-refractivity contribution in [1.82, 2.24) is 10.1 Å². The molecule has 1 fully saturated rings. The number of hydrogen-bond acceptors (Lipinski definition) is 3. The van der Waals surface area contributed by atoms with Crippen LogP contribution < -0.4 is 0 Å². The van der Waals surface area contributed by atoms with Crippen LogP contribution in [0.5, 0.6) is 0 Å². The van der Waals surface area contributed by atoms with Crippen LogP contribution in [0.3, 0.4) is 0 Å². The highest BCUT2D eigenvalue weighted by Gasteiger charge is 2.31. The average Bonchev–Trinajstić information content (AvgIpc) is 3.05. The van der Waals surface area contributed by atoms with Gasteiger partial charge in [0.1, 0.15) is 5.76 Å². The van der Waals surface area contributed by atoms with Crippen LogP contribution in [0.15, 0.2) is 40.9 Å². The Morgan fingerprint density at radius 1 is 1.30 bits per heavy atom. The van der Waals surface area contributed by atoms with Crippen LogP contribution in [0.2, 0.25) is 0 Å². The molecular weight excluding hydrogens is 288 g/mol. The van der Waals surface area contributed by atoms with Crippen molar-refractivity contribution in [1.29, 1.82) is 0 Å². The minimum absolute atomic E-state index is 0.0142. The fourth-order valence-corrected chi connectivity index (χ4v) is 3.31. The third-order valence-electron chi connectivity index (χ3n) is 4.72. The van der Waals surface area contributed by atoms with E-state index in [4.69, 9.17) is 4.52 Å². The first-order chi connectivity index (χ1) is 11.1. The van der Waals surface area contributed by atoms with Crippen LogP contribution >= 0.6 is 0 Å². The summed E-state index contributed by atoms with van der Waals surface area (Å²) in [6.45, 7) is 6.95. The van der Waals surface area contributed by atoms with Crippen molar-refractivity contribution < 1.29 is 9.32 Å². The Bertz CT molecular complexity index is 663. The summed E-state index contributed by atoms with van der Waals surface area (Å²) in [6.07, 6.45) is 1.99. The SMILES string of the molecule is CC(C)c1cc(C(=O)N2CC[C@@H](c3ccccc3)C[C@@H]2C)no1. The number of nitrogens with zero attached hydrogens (tertiary/aromatic N) is 2. The second-order valence-electron chi connectivity index (χ2n) is 6.75. The van der Waals surface area contributed by atoms with Crippen molar-refractivity contribution in [3.05, 3.63) is 53.4 Å². The molecule has 0 N–H and O–H groups in total. The molecule has 2 aromatic rings. The fourth-order valence-electron chi connectivity index (χ4n) is 3.31. The molecule has 1 aliphatic heterocycles. The number of piperidine rings is 1. The molecule has 0 bridgehead atoms. The zero-order valence-electron chi connectivity index (χ0n) is 14.0. The van der Waals surface area contributed by atoms with Gasteiger partial charge in [-0.25, -0.2) is 0 Å². The molecule has 1 aromatic heterocycles. The Hall–Kier alpha value is -2.10. The van der Waals surface area contributed by atoms with Gasteiger partial charge in [0.25, 0.3) is 5.91 Å². The number of amides is 1. The van der Waals surface area contributed by atoms with E-state index >= 15 is 0 Å². The van der Waals surface area contributed by atoms with E-state index in [-0.39, 0.29) is 17.9 Å². The third kappa shape index (κ3) is 3.31. The summed E-state index contributed by atoms with van der Waals surface area (Å²) in [6, 6.07) is 12.6. The van der Waals surface area contributed by atoms with Crippen LogP contribution in [-0.4, -0.2) is 28.6 Å². The minimum atomic E-state index is -0.0142. The molecule has 2 heterocycles. The summed E-state index contributed by atoms with van der Waals surface area (Å²) in [4.78, 5) is 14.6. The van der Waals surface area contributed by atoms with E-state index in [2.05, 4.69) is 36.3 Å². The van der Waals surface area contributed by atoms with Gasteiger partial charge in [-0.15, -0.1) is 0 Å². The first-order valence-electron chi connectivity index (χ1n) is 8.38. The molecule has 4 nitrogen and oxygen atoms in total. The first kappa shape index (κ1) is 15.8. The molecule has 3 rings (SSSR count). The monoisotopic (exact) mass is 312 g/mol. The van der Waals surface area contributed by atoms with Crippen molar-refractivity contribution in [2.45, 2.75) is 51.5 Å². The summed E-state index contributed by atoms with van der Waals surface area (Å²) in [5.41, 5.74) is 1.80. The number of benzene rings is 1. The van der Waals surface area contributed by atoms with Crippen LogP contribution in [0.1, 0.15) is 67.3 Å². The Labute approximate surface area is 137 Å². The van der Waals surface area contributed by atoms with Crippen molar-refractivity contribution in [2.24, 2.45) is 0 Å². The predicted molar refractivity (Wildman–Crippen MR) is 89.5 cm³/mol. The summed E-state index contributed by atoms with van der Waals surface area (Å²) in [7, 11) is 0. The normalized spacial score (nSPS) is 21.7. The van der Waals surface area contributed by atoms with Gasteiger partial charge in [0.15, 0.2) is 5.69 Å². The molecular formula is C19H24N2O2. The van der Waals surface area contributed by atoms with Crippen molar-refractivity contribution in [2.75, 3.05) is 6.54 Å². The van der Waals surface area contributed by atoms with Gasteiger partial charge in [-0.05, 0) is 31.2 Å². The van der Waals surface area contributed by atoms with Gasteiger partial charge in [0.05, 0.1) is 0 Å². The van der Waals surface area contributed by atoms with Crippen molar-refractivity contribution in [3.8, 4) is 0 Å². The van der Waals surface area contributed by atoms with Crippen LogP contribution in [-0.2, 0) is 0 Å². The largest absolute Gasteiger partial charge is 0.360 e. The van der Waals surface area contributed by atoms with E-state index in [9.17, 15) is 4.79 Å². The molecule has 23 heavy (non-hydrogen) atoms. The van der Waals surface area contributed by atoms with Crippen LogP contribution in [0.25, 0.3) is 0 Å². The fraction of sp³-hybridized carbons (Fsp3) is 0.474. The second-order valence-corrected chi connectivity index (χ2v) is 6.75. The molecule has 1 amide bonds. The highest BCUT2D eigenvalue weighted by molar-refractivity contribution is 5.92. The van der Waals surface area contributed by atoms with Gasteiger partial charge >= 0.3 is 0 Å². The maximum atomic E-state index is 12.7. The summed E-state index contributed by atoms with van der Waals surface area (Å²) in [5.74, 6) is 1.52. The summed E-state index contributed by atoms with van der Waals surface area (Å²) >= 11 is 0. The minimum Gasteiger partial charge on any atom is -0.360 e. The van der Waals surface area contributed by atoms with Gasteiger partial charge in [-0.1, -0.05) is 49.3 Å².